The molecular formula is C15H16ClNO3S. The van der Waals surface area contributed by atoms with Crippen molar-refractivity contribution in [3.8, 4) is 5.75 Å². The van der Waals surface area contributed by atoms with Gasteiger partial charge in [-0.1, -0.05) is 29.8 Å². The normalized spacial score (nSPS) is 11.4. The van der Waals surface area contributed by atoms with Gasteiger partial charge in [0, 0.05) is 12.1 Å². The molecule has 2 rings (SSSR count). The second kappa shape index (κ2) is 6.47. The van der Waals surface area contributed by atoms with Gasteiger partial charge >= 0.3 is 0 Å². The van der Waals surface area contributed by atoms with E-state index in [1.807, 2.05) is 6.07 Å². The Morgan fingerprint density at radius 2 is 1.90 bits per heavy atom. The molecule has 0 aliphatic heterocycles. The summed E-state index contributed by atoms with van der Waals surface area (Å²) in [6.07, 6.45) is 0. The molecular weight excluding hydrogens is 310 g/mol. The standard InChI is InChI=1S/C15H16ClNO3S/c1-20-14-7-6-11(9-17)8-12(14)10-21(18,19)15-5-3-2-4-13(15)16/h2-8H,9-10,17H2,1H3. The van der Waals surface area contributed by atoms with Crippen molar-refractivity contribution in [1.82, 2.24) is 0 Å². The van der Waals surface area contributed by atoms with Gasteiger partial charge in [0.1, 0.15) is 5.75 Å². The topological polar surface area (TPSA) is 69.4 Å². The van der Waals surface area contributed by atoms with E-state index in [1.165, 1.54) is 13.2 Å². The maximum atomic E-state index is 12.5. The first-order valence-corrected chi connectivity index (χ1v) is 8.34. The Kier molecular flexibility index (Phi) is 4.88. The van der Waals surface area contributed by atoms with E-state index < -0.39 is 9.84 Å². The third-order valence-corrected chi connectivity index (χ3v) is 5.26. The molecule has 0 aliphatic rings. The van der Waals surface area contributed by atoms with Gasteiger partial charge in [0.15, 0.2) is 9.84 Å². The van der Waals surface area contributed by atoms with Gasteiger partial charge in [0.05, 0.1) is 22.8 Å². The minimum absolute atomic E-state index is 0.117. The molecule has 0 atom stereocenters. The van der Waals surface area contributed by atoms with Crippen LogP contribution in [0.3, 0.4) is 0 Å². The van der Waals surface area contributed by atoms with Crippen LogP contribution in [-0.2, 0) is 22.1 Å². The van der Waals surface area contributed by atoms with E-state index in [1.54, 1.807) is 30.3 Å². The van der Waals surface area contributed by atoms with Crippen molar-refractivity contribution in [3.63, 3.8) is 0 Å². The lowest BCUT2D eigenvalue weighted by molar-refractivity contribution is 0.411. The molecule has 0 aliphatic carbocycles. The van der Waals surface area contributed by atoms with E-state index in [4.69, 9.17) is 22.1 Å². The van der Waals surface area contributed by atoms with Gasteiger partial charge in [-0.3, -0.25) is 0 Å². The number of hydrogen-bond acceptors (Lipinski definition) is 4. The first-order valence-electron chi connectivity index (χ1n) is 6.31. The number of rotatable bonds is 5. The van der Waals surface area contributed by atoms with Crippen molar-refractivity contribution < 1.29 is 13.2 Å². The lowest BCUT2D eigenvalue weighted by Gasteiger charge is -2.11. The van der Waals surface area contributed by atoms with E-state index in [0.717, 1.165) is 5.56 Å². The Bertz CT molecular complexity index is 744. The molecule has 0 aromatic heterocycles. The van der Waals surface area contributed by atoms with E-state index in [0.29, 0.717) is 17.9 Å². The summed E-state index contributed by atoms with van der Waals surface area (Å²) in [6, 6.07) is 11.7. The summed E-state index contributed by atoms with van der Waals surface area (Å²) in [4.78, 5) is 0.117. The van der Waals surface area contributed by atoms with Gasteiger partial charge in [0.2, 0.25) is 0 Å². The molecule has 2 N–H and O–H groups in total. The van der Waals surface area contributed by atoms with E-state index in [2.05, 4.69) is 0 Å². The summed E-state index contributed by atoms with van der Waals surface area (Å²) in [5.74, 6) is 0.330. The number of ether oxygens (including phenoxy) is 1. The molecule has 4 nitrogen and oxygen atoms in total. The Morgan fingerprint density at radius 3 is 2.52 bits per heavy atom. The first kappa shape index (κ1) is 15.8. The Morgan fingerprint density at radius 1 is 1.19 bits per heavy atom. The van der Waals surface area contributed by atoms with Crippen LogP contribution in [0.15, 0.2) is 47.4 Å². The van der Waals surface area contributed by atoms with Crippen LogP contribution < -0.4 is 10.5 Å². The lowest BCUT2D eigenvalue weighted by atomic mass is 10.1. The molecule has 112 valence electrons. The molecule has 6 heteroatoms. The smallest absolute Gasteiger partial charge is 0.184 e. The monoisotopic (exact) mass is 325 g/mol. The zero-order valence-electron chi connectivity index (χ0n) is 11.5. The zero-order chi connectivity index (χ0) is 15.5. The highest BCUT2D eigenvalue weighted by molar-refractivity contribution is 7.90. The number of nitrogens with two attached hydrogens (primary N) is 1. The van der Waals surface area contributed by atoms with Crippen LogP contribution in [0.4, 0.5) is 0 Å². The molecule has 0 heterocycles. The van der Waals surface area contributed by atoms with Crippen molar-refractivity contribution in [2.45, 2.75) is 17.2 Å². The summed E-state index contributed by atoms with van der Waals surface area (Å²) in [7, 11) is -2.05. The average Bonchev–Trinajstić information content (AvgIpc) is 2.47. The fourth-order valence-electron chi connectivity index (χ4n) is 2.05. The van der Waals surface area contributed by atoms with Crippen molar-refractivity contribution in [2.75, 3.05) is 7.11 Å². The van der Waals surface area contributed by atoms with Crippen molar-refractivity contribution in [2.24, 2.45) is 5.73 Å². The zero-order valence-corrected chi connectivity index (χ0v) is 13.1. The minimum Gasteiger partial charge on any atom is -0.496 e. The number of methoxy groups -OCH3 is 1. The summed E-state index contributed by atoms with van der Waals surface area (Å²) in [5.41, 5.74) is 7.02. The number of benzene rings is 2. The third-order valence-electron chi connectivity index (χ3n) is 3.10. The Hall–Kier alpha value is -1.56. The molecule has 0 saturated heterocycles. The van der Waals surface area contributed by atoms with Crippen LogP contribution >= 0.6 is 11.6 Å². The second-order valence-electron chi connectivity index (χ2n) is 4.54. The summed E-state index contributed by atoms with van der Waals surface area (Å²) in [5, 5.41) is 0.214. The maximum Gasteiger partial charge on any atom is 0.184 e. The van der Waals surface area contributed by atoms with Crippen LogP contribution in [0, 0.1) is 0 Å². The van der Waals surface area contributed by atoms with Crippen LogP contribution in [0.25, 0.3) is 0 Å². The quantitative estimate of drug-likeness (QED) is 0.917. The summed E-state index contributed by atoms with van der Waals surface area (Å²) < 4.78 is 30.3. The molecule has 0 fully saturated rings. The molecule has 0 amide bonds. The fourth-order valence-corrected chi connectivity index (χ4v) is 3.98. The average molecular weight is 326 g/mol. The Labute approximate surface area is 129 Å². The molecule has 0 saturated carbocycles. The van der Waals surface area contributed by atoms with E-state index in [9.17, 15) is 8.42 Å². The largest absolute Gasteiger partial charge is 0.496 e. The molecule has 21 heavy (non-hydrogen) atoms. The van der Waals surface area contributed by atoms with Crippen LogP contribution in [0.1, 0.15) is 11.1 Å². The highest BCUT2D eigenvalue weighted by Crippen LogP contribution is 2.28. The van der Waals surface area contributed by atoms with E-state index in [-0.39, 0.29) is 15.7 Å². The number of halogens is 1. The van der Waals surface area contributed by atoms with Gasteiger partial charge in [-0.15, -0.1) is 0 Å². The Balaban J connectivity index is 2.43. The first-order chi connectivity index (χ1) is 9.97. The van der Waals surface area contributed by atoms with Crippen LogP contribution in [0.2, 0.25) is 5.02 Å². The molecule has 0 unspecified atom stereocenters. The third kappa shape index (κ3) is 3.56. The van der Waals surface area contributed by atoms with Crippen molar-refractivity contribution in [3.05, 3.63) is 58.6 Å². The lowest BCUT2D eigenvalue weighted by Crippen LogP contribution is -2.08. The van der Waals surface area contributed by atoms with Crippen molar-refractivity contribution in [1.29, 1.82) is 0 Å². The molecule has 0 radical (unpaired) electrons. The highest BCUT2D eigenvalue weighted by Gasteiger charge is 2.20. The van der Waals surface area contributed by atoms with Gasteiger partial charge in [-0.05, 0) is 29.8 Å². The number of hydrogen-bond donors (Lipinski definition) is 1. The van der Waals surface area contributed by atoms with Gasteiger partial charge in [0.25, 0.3) is 0 Å². The molecule has 0 bridgehead atoms. The van der Waals surface area contributed by atoms with Crippen molar-refractivity contribution >= 4 is 21.4 Å². The van der Waals surface area contributed by atoms with Gasteiger partial charge in [-0.25, -0.2) is 8.42 Å². The number of sulfone groups is 1. The fraction of sp³-hybridized carbons (Fsp3) is 0.200. The SMILES string of the molecule is COc1ccc(CN)cc1CS(=O)(=O)c1ccccc1Cl. The van der Waals surface area contributed by atoms with E-state index >= 15 is 0 Å². The predicted octanol–water partition coefficient (Wildman–Crippen LogP) is 2.78. The van der Waals surface area contributed by atoms with Crippen LogP contribution in [-0.4, -0.2) is 15.5 Å². The predicted molar refractivity (Wildman–Crippen MR) is 83.2 cm³/mol. The summed E-state index contributed by atoms with van der Waals surface area (Å²) in [6.45, 7) is 0.336. The second-order valence-corrected chi connectivity index (χ2v) is 6.91. The van der Waals surface area contributed by atoms with Gasteiger partial charge in [-0.2, -0.15) is 0 Å². The molecule has 2 aromatic carbocycles. The highest BCUT2D eigenvalue weighted by atomic mass is 35.5. The molecule has 2 aromatic rings. The summed E-state index contributed by atoms with van der Waals surface area (Å²) >= 11 is 5.98. The van der Waals surface area contributed by atoms with Crippen LogP contribution in [0.5, 0.6) is 5.75 Å². The minimum atomic E-state index is -3.55. The molecule has 0 spiro atoms. The van der Waals surface area contributed by atoms with Gasteiger partial charge < -0.3 is 10.5 Å². The maximum absolute atomic E-state index is 12.5.